The summed E-state index contributed by atoms with van der Waals surface area (Å²) < 4.78 is 13.6. The van der Waals surface area contributed by atoms with E-state index in [-0.39, 0.29) is 16.4 Å². The molecule has 2 N–H and O–H groups in total. The summed E-state index contributed by atoms with van der Waals surface area (Å²) >= 11 is 8.06. The molecule has 6 heteroatoms. The van der Waals surface area contributed by atoms with Crippen LogP contribution < -0.4 is 5.73 Å². The number of carbonyl (C=O) groups excluding carboxylic acids is 1. The summed E-state index contributed by atoms with van der Waals surface area (Å²) in [5.74, 6) is -0.691. The van der Waals surface area contributed by atoms with Gasteiger partial charge < -0.3 is 10.6 Å². The first-order chi connectivity index (χ1) is 8.52. The molecule has 1 atom stereocenters. The quantitative estimate of drug-likeness (QED) is 0.847. The van der Waals surface area contributed by atoms with E-state index in [9.17, 15) is 9.18 Å². The maximum Gasteiger partial charge on any atom is 0.255 e. The Labute approximate surface area is 118 Å². The number of benzene rings is 1. The van der Waals surface area contributed by atoms with Crippen molar-refractivity contribution in [1.82, 2.24) is 4.90 Å². The van der Waals surface area contributed by atoms with E-state index in [1.54, 1.807) is 11.0 Å². The Balaban J connectivity index is 2.31. The molecule has 18 heavy (non-hydrogen) atoms. The zero-order chi connectivity index (χ0) is 13.3. The molecule has 1 amide bonds. The highest BCUT2D eigenvalue weighted by atomic mass is 79.9. The molecular formula is C12H12BrFN2OS. The predicted octanol–water partition coefficient (Wildman–Crippen LogP) is 2.48. The largest absolute Gasteiger partial charge is 0.392 e. The van der Waals surface area contributed by atoms with Crippen LogP contribution in [0.15, 0.2) is 22.7 Å². The number of amides is 1. The van der Waals surface area contributed by atoms with E-state index in [1.807, 2.05) is 0 Å². The minimum absolute atomic E-state index is 0.184. The molecule has 1 fully saturated rings. The Kier molecular flexibility index (Phi) is 3.97. The number of carbonyl (C=O) groups is 1. The molecule has 1 aromatic carbocycles. The zero-order valence-electron chi connectivity index (χ0n) is 9.53. The van der Waals surface area contributed by atoms with Crippen molar-refractivity contribution in [3.63, 3.8) is 0 Å². The first-order valence-electron chi connectivity index (χ1n) is 5.56. The molecule has 0 saturated carbocycles. The number of hydrogen-bond acceptors (Lipinski definition) is 2. The molecule has 3 nitrogen and oxygen atoms in total. The number of thiocarbonyl (C=S) groups is 1. The Hall–Kier alpha value is -1.01. The lowest BCUT2D eigenvalue weighted by Gasteiger charge is -2.24. The maximum atomic E-state index is 13.4. The molecule has 1 saturated heterocycles. The topological polar surface area (TPSA) is 46.3 Å². The normalized spacial score (nSPS) is 19.0. The van der Waals surface area contributed by atoms with E-state index in [0.29, 0.717) is 17.1 Å². The Bertz CT molecular complexity index is 509. The van der Waals surface area contributed by atoms with Crippen LogP contribution in [-0.4, -0.2) is 28.4 Å². The van der Waals surface area contributed by atoms with Crippen LogP contribution in [-0.2, 0) is 0 Å². The van der Waals surface area contributed by atoms with Gasteiger partial charge in [-0.1, -0.05) is 18.3 Å². The van der Waals surface area contributed by atoms with Crippen LogP contribution >= 0.6 is 28.1 Å². The lowest BCUT2D eigenvalue weighted by atomic mass is 10.1. The molecule has 0 aromatic heterocycles. The number of nitrogens with two attached hydrogens (primary N) is 1. The van der Waals surface area contributed by atoms with Gasteiger partial charge in [0, 0.05) is 6.54 Å². The summed E-state index contributed by atoms with van der Waals surface area (Å²) in [7, 11) is 0. The van der Waals surface area contributed by atoms with E-state index in [0.717, 1.165) is 12.8 Å². The Morgan fingerprint density at radius 1 is 1.56 bits per heavy atom. The Morgan fingerprint density at radius 3 is 2.94 bits per heavy atom. The Morgan fingerprint density at radius 2 is 2.28 bits per heavy atom. The van der Waals surface area contributed by atoms with Gasteiger partial charge in [0.15, 0.2) is 0 Å². The van der Waals surface area contributed by atoms with Crippen LogP contribution in [0, 0.1) is 5.82 Å². The van der Waals surface area contributed by atoms with Gasteiger partial charge in [0.05, 0.1) is 21.1 Å². The van der Waals surface area contributed by atoms with Gasteiger partial charge in [-0.05, 0) is 40.9 Å². The summed E-state index contributed by atoms with van der Waals surface area (Å²) in [6.45, 7) is 0.601. The van der Waals surface area contributed by atoms with Gasteiger partial charge in [0.1, 0.15) is 5.82 Å². The van der Waals surface area contributed by atoms with E-state index >= 15 is 0 Å². The van der Waals surface area contributed by atoms with Gasteiger partial charge in [0.25, 0.3) is 5.91 Å². The van der Waals surface area contributed by atoms with Crippen molar-refractivity contribution in [3.8, 4) is 0 Å². The van der Waals surface area contributed by atoms with E-state index < -0.39 is 5.82 Å². The molecule has 0 radical (unpaired) electrons. The molecular weight excluding hydrogens is 319 g/mol. The van der Waals surface area contributed by atoms with Crippen molar-refractivity contribution in [2.24, 2.45) is 5.73 Å². The smallest absolute Gasteiger partial charge is 0.255 e. The van der Waals surface area contributed by atoms with Crippen molar-refractivity contribution in [2.75, 3.05) is 6.54 Å². The monoisotopic (exact) mass is 330 g/mol. The van der Waals surface area contributed by atoms with Crippen LogP contribution in [0.5, 0.6) is 0 Å². The van der Waals surface area contributed by atoms with Gasteiger partial charge in [0.2, 0.25) is 0 Å². The zero-order valence-corrected chi connectivity index (χ0v) is 11.9. The van der Waals surface area contributed by atoms with Gasteiger partial charge in [-0.25, -0.2) is 4.39 Å². The van der Waals surface area contributed by atoms with Crippen LogP contribution in [0.1, 0.15) is 23.2 Å². The highest BCUT2D eigenvalue weighted by Crippen LogP contribution is 2.26. The van der Waals surface area contributed by atoms with Crippen molar-refractivity contribution >= 4 is 39.0 Å². The molecule has 1 aromatic rings. The predicted molar refractivity (Wildman–Crippen MR) is 74.9 cm³/mol. The van der Waals surface area contributed by atoms with Gasteiger partial charge >= 0.3 is 0 Å². The van der Waals surface area contributed by atoms with Crippen LogP contribution in [0.2, 0.25) is 0 Å². The standard InChI is InChI=1S/C12H12BrFN2OS/c13-10-7(3-1-4-8(10)14)12(17)16-6-2-5-9(16)11(15)18/h1,3-4,9H,2,5-6H2,(H2,15,18). The first-order valence-corrected chi connectivity index (χ1v) is 6.77. The molecule has 96 valence electrons. The molecule has 0 aliphatic carbocycles. The second kappa shape index (κ2) is 5.32. The van der Waals surface area contributed by atoms with E-state index in [4.69, 9.17) is 18.0 Å². The molecule has 1 unspecified atom stereocenters. The van der Waals surface area contributed by atoms with Crippen LogP contribution in [0.3, 0.4) is 0 Å². The van der Waals surface area contributed by atoms with Crippen molar-refractivity contribution in [1.29, 1.82) is 0 Å². The summed E-state index contributed by atoms with van der Waals surface area (Å²) in [6, 6.07) is 4.18. The summed E-state index contributed by atoms with van der Waals surface area (Å²) in [5, 5.41) is 0. The van der Waals surface area contributed by atoms with Crippen molar-refractivity contribution in [2.45, 2.75) is 18.9 Å². The third-order valence-electron chi connectivity index (χ3n) is 3.02. The highest BCUT2D eigenvalue weighted by Gasteiger charge is 2.32. The van der Waals surface area contributed by atoms with Crippen molar-refractivity contribution in [3.05, 3.63) is 34.1 Å². The summed E-state index contributed by atoms with van der Waals surface area (Å²) in [5.41, 5.74) is 5.93. The van der Waals surface area contributed by atoms with E-state index in [2.05, 4.69) is 15.9 Å². The second-order valence-corrected chi connectivity index (χ2v) is 5.42. The average Bonchev–Trinajstić information content (AvgIpc) is 2.81. The fourth-order valence-corrected chi connectivity index (χ4v) is 2.81. The number of rotatable bonds is 2. The third-order valence-corrected chi connectivity index (χ3v) is 4.10. The van der Waals surface area contributed by atoms with Crippen LogP contribution in [0.4, 0.5) is 4.39 Å². The van der Waals surface area contributed by atoms with Gasteiger partial charge in [-0.15, -0.1) is 0 Å². The van der Waals surface area contributed by atoms with E-state index in [1.165, 1.54) is 12.1 Å². The summed E-state index contributed by atoms with van der Waals surface area (Å²) in [6.07, 6.45) is 1.63. The number of likely N-dealkylation sites (tertiary alicyclic amines) is 1. The third kappa shape index (κ3) is 2.40. The average molecular weight is 331 g/mol. The highest BCUT2D eigenvalue weighted by molar-refractivity contribution is 9.10. The van der Waals surface area contributed by atoms with Gasteiger partial charge in [-0.2, -0.15) is 0 Å². The fraction of sp³-hybridized carbons (Fsp3) is 0.333. The fourth-order valence-electron chi connectivity index (χ4n) is 2.13. The van der Waals surface area contributed by atoms with Crippen molar-refractivity contribution < 1.29 is 9.18 Å². The summed E-state index contributed by atoms with van der Waals surface area (Å²) in [4.78, 5) is 14.3. The molecule has 1 heterocycles. The minimum atomic E-state index is -0.452. The molecule has 1 aliphatic heterocycles. The lowest BCUT2D eigenvalue weighted by molar-refractivity contribution is 0.0769. The van der Waals surface area contributed by atoms with Crippen LogP contribution in [0.25, 0.3) is 0 Å². The second-order valence-electron chi connectivity index (χ2n) is 4.16. The number of hydrogen-bond donors (Lipinski definition) is 1. The number of halogens is 2. The molecule has 0 spiro atoms. The first kappa shape index (κ1) is 13.4. The molecule has 0 bridgehead atoms. The maximum absolute atomic E-state index is 13.4. The molecule has 1 aliphatic rings. The lowest BCUT2D eigenvalue weighted by Crippen LogP contribution is -2.43. The number of nitrogens with zero attached hydrogens (tertiary/aromatic N) is 1. The van der Waals surface area contributed by atoms with Gasteiger partial charge in [-0.3, -0.25) is 4.79 Å². The SMILES string of the molecule is NC(=S)C1CCCN1C(=O)c1cccc(F)c1Br. The minimum Gasteiger partial charge on any atom is -0.392 e. The molecule has 2 rings (SSSR count).